The predicted octanol–water partition coefficient (Wildman–Crippen LogP) is 6.64. The van der Waals surface area contributed by atoms with E-state index in [4.69, 9.17) is 14.2 Å². The molecule has 4 rings (SSSR count). The number of hydrogen-bond donors (Lipinski definition) is 1. The van der Waals surface area contributed by atoms with Gasteiger partial charge >= 0.3 is 0 Å². The van der Waals surface area contributed by atoms with Crippen LogP contribution in [-0.4, -0.2) is 55.1 Å². The van der Waals surface area contributed by atoms with E-state index in [9.17, 15) is 5.11 Å². The smallest absolute Gasteiger partial charge is 0.127 e. The van der Waals surface area contributed by atoms with Crippen molar-refractivity contribution in [2.75, 3.05) is 33.4 Å². The minimum Gasteiger partial charge on any atom is -0.497 e. The molecule has 3 aromatic carbocycles. The van der Waals surface area contributed by atoms with Gasteiger partial charge in [0, 0.05) is 30.0 Å². The van der Waals surface area contributed by atoms with Crippen molar-refractivity contribution in [1.29, 1.82) is 0 Å². The second-order valence-electron chi connectivity index (χ2n) is 10.8. The first kappa shape index (κ1) is 28.0. The largest absolute Gasteiger partial charge is 0.497 e. The number of hydrogen-bond acceptors (Lipinski definition) is 5. The Balaban J connectivity index is 1.58. The van der Waals surface area contributed by atoms with Crippen LogP contribution in [0.25, 0.3) is 0 Å². The normalized spacial score (nSPS) is 18.9. The third kappa shape index (κ3) is 6.51. The molecular weight excluding hydrogens is 474 g/mol. The van der Waals surface area contributed by atoms with Gasteiger partial charge in [0.2, 0.25) is 0 Å². The molecule has 0 aliphatic carbocycles. The molecule has 0 amide bonds. The Labute approximate surface area is 228 Å². The van der Waals surface area contributed by atoms with Crippen molar-refractivity contribution in [3.05, 3.63) is 89.5 Å². The van der Waals surface area contributed by atoms with E-state index < -0.39 is 11.7 Å². The summed E-state index contributed by atoms with van der Waals surface area (Å²) >= 11 is 0. The first-order chi connectivity index (χ1) is 18.4. The van der Waals surface area contributed by atoms with E-state index >= 15 is 0 Å². The zero-order valence-electron chi connectivity index (χ0n) is 23.5. The fraction of sp³-hybridized carbons (Fsp3) is 0.455. The van der Waals surface area contributed by atoms with Crippen LogP contribution in [-0.2, 0) is 0 Å². The van der Waals surface area contributed by atoms with Gasteiger partial charge in [0.15, 0.2) is 0 Å². The number of aliphatic hydroxyl groups is 1. The highest BCUT2D eigenvalue weighted by atomic mass is 16.5. The summed E-state index contributed by atoms with van der Waals surface area (Å²) in [7, 11) is 1.68. The van der Waals surface area contributed by atoms with Gasteiger partial charge in [-0.3, -0.25) is 0 Å². The van der Waals surface area contributed by atoms with E-state index in [1.807, 2.05) is 24.3 Å². The minimum atomic E-state index is -0.520. The van der Waals surface area contributed by atoms with E-state index in [-0.39, 0.29) is 18.4 Å². The molecule has 3 atom stereocenters. The minimum absolute atomic E-state index is 0.0957. The first-order valence-corrected chi connectivity index (χ1v) is 13.9. The summed E-state index contributed by atoms with van der Waals surface area (Å²) in [6.45, 7) is 11.6. The summed E-state index contributed by atoms with van der Waals surface area (Å²) in [5.74, 6) is 2.62. The molecule has 204 valence electrons. The van der Waals surface area contributed by atoms with Gasteiger partial charge in [0.05, 0.1) is 7.11 Å². The van der Waals surface area contributed by atoms with Gasteiger partial charge in [-0.05, 0) is 69.1 Å². The number of fused-ring (bicyclic) bond motifs is 1. The molecule has 0 radical (unpaired) electrons. The number of benzene rings is 3. The van der Waals surface area contributed by atoms with Crippen molar-refractivity contribution in [2.24, 2.45) is 0 Å². The molecule has 0 aromatic heterocycles. The van der Waals surface area contributed by atoms with Crippen LogP contribution in [0, 0.1) is 0 Å². The summed E-state index contributed by atoms with van der Waals surface area (Å²) in [6, 6.07) is 25.1. The van der Waals surface area contributed by atoms with E-state index in [0.29, 0.717) is 6.54 Å². The summed E-state index contributed by atoms with van der Waals surface area (Å²) in [4.78, 5) is 2.31. The Hall–Kier alpha value is -3.02. The average Bonchev–Trinajstić information content (AvgIpc) is 2.91. The van der Waals surface area contributed by atoms with Crippen LogP contribution in [0.3, 0.4) is 0 Å². The fourth-order valence-electron chi connectivity index (χ4n) is 5.78. The number of aliphatic hydroxyl groups excluding tert-OH is 1. The van der Waals surface area contributed by atoms with Gasteiger partial charge in [-0.1, -0.05) is 62.4 Å². The van der Waals surface area contributed by atoms with Crippen LogP contribution < -0.4 is 14.2 Å². The molecule has 5 nitrogen and oxygen atoms in total. The van der Waals surface area contributed by atoms with Crippen molar-refractivity contribution in [1.82, 2.24) is 4.90 Å². The second-order valence-corrected chi connectivity index (χ2v) is 10.8. The van der Waals surface area contributed by atoms with Crippen LogP contribution in [0.15, 0.2) is 72.8 Å². The highest BCUT2D eigenvalue weighted by Gasteiger charge is 2.45. The van der Waals surface area contributed by atoms with Crippen LogP contribution in [0.4, 0.5) is 0 Å². The molecule has 0 bridgehead atoms. The highest BCUT2D eigenvalue weighted by molar-refractivity contribution is 5.52. The number of ether oxygens (including phenoxy) is 3. The van der Waals surface area contributed by atoms with Gasteiger partial charge in [0.25, 0.3) is 0 Å². The molecule has 38 heavy (non-hydrogen) atoms. The lowest BCUT2D eigenvalue weighted by Gasteiger charge is -2.45. The Kier molecular flexibility index (Phi) is 9.35. The Morgan fingerprint density at radius 3 is 2.18 bits per heavy atom. The van der Waals surface area contributed by atoms with Gasteiger partial charge in [-0.2, -0.15) is 0 Å². The number of nitrogens with zero attached hydrogens (tertiary/aromatic N) is 1. The maximum atomic E-state index is 10.6. The van der Waals surface area contributed by atoms with Gasteiger partial charge in [0.1, 0.15) is 35.6 Å². The Morgan fingerprint density at radius 1 is 0.895 bits per heavy atom. The van der Waals surface area contributed by atoms with Crippen LogP contribution >= 0.6 is 0 Å². The maximum Gasteiger partial charge on any atom is 0.127 e. The van der Waals surface area contributed by atoms with Crippen LogP contribution in [0.5, 0.6) is 17.2 Å². The second kappa shape index (κ2) is 12.7. The summed E-state index contributed by atoms with van der Waals surface area (Å²) in [5.41, 5.74) is 3.16. The molecule has 5 heteroatoms. The highest BCUT2D eigenvalue weighted by Crippen LogP contribution is 2.53. The van der Waals surface area contributed by atoms with E-state index in [1.54, 1.807) is 7.11 Å². The number of rotatable bonds is 12. The van der Waals surface area contributed by atoms with Crippen molar-refractivity contribution in [3.63, 3.8) is 0 Å². The lowest BCUT2D eigenvalue weighted by Crippen LogP contribution is -2.43. The first-order valence-electron chi connectivity index (χ1n) is 13.9. The standard InChI is InChI=1S/C33H43NO4/c1-6-19-34(20-7-2)22-26(35)23-37-27-15-13-24(14-16-27)31-29-18-17-28(36-5)21-30(29)38-33(3,4)32(31)25-11-9-8-10-12-25/h8-18,21,26,31-32,35H,6-7,19-20,22-23H2,1-5H3/t26-,31-,32+/m1/s1. The zero-order chi connectivity index (χ0) is 27.1. The SMILES string of the molecule is CCCN(CCC)C[C@@H](O)COc1ccc([C@@H]2c3ccc(OC)cc3OC(C)(C)[C@H]2c2ccccc2)cc1. The molecule has 0 spiro atoms. The Bertz CT molecular complexity index is 1140. The third-order valence-corrected chi connectivity index (χ3v) is 7.40. The lowest BCUT2D eigenvalue weighted by atomic mass is 9.68. The van der Waals surface area contributed by atoms with Crippen LogP contribution in [0.2, 0.25) is 0 Å². The van der Waals surface area contributed by atoms with E-state index in [2.05, 4.69) is 81.1 Å². The summed E-state index contributed by atoms with van der Waals surface area (Å²) < 4.78 is 18.1. The molecular formula is C33H43NO4. The molecule has 1 N–H and O–H groups in total. The Morgan fingerprint density at radius 2 is 1.55 bits per heavy atom. The van der Waals surface area contributed by atoms with Crippen molar-refractivity contribution >= 4 is 0 Å². The molecule has 1 heterocycles. The van der Waals surface area contributed by atoms with E-state index in [1.165, 1.54) is 11.1 Å². The monoisotopic (exact) mass is 517 g/mol. The average molecular weight is 518 g/mol. The molecule has 0 saturated heterocycles. The van der Waals surface area contributed by atoms with Crippen molar-refractivity contribution < 1.29 is 19.3 Å². The molecule has 1 aliphatic rings. The van der Waals surface area contributed by atoms with E-state index in [0.717, 1.165) is 48.7 Å². The van der Waals surface area contributed by atoms with Gasteiger partial charge in [-0.15, -0.1) is 0 Å². The van der Waals surface area contributed by atoms with Gasteiger partial charge in [-0.25, -0.2) is 0 Å². The molecule has 1 aliphatic heterocycles. The topological polar surface area (TPSA) is 51.2 Å². The molecule has 0 saturated carbocycles. The quantitative estimate of drug-likeness (QED) is 0.292. The lowest BCUT2D eigenvalue weighted by molar-refractivity contribution is 0.0527. The maximum absolute atomic E-state index is 10.6. The fourth-order valence-corrected chi connectivity index (χ4v) is 5.78. The van der Waals surface area contributed by atoms with Crippen molar-refractivity contribution in [2.45, 2.75) is 64.1 Å². The van der Waals surface area contributed by atoms with Crippen molar-refractivity contribution in [3.8, 4) is 17.2 Å². The third-order valence-electron chi connectivity index (χ3n) is 7.40. The molecule has 3 aromatic rings. The predicted molar refractivity (Wildman–Crippen MR) is 154 cm³/mol. The van der Waals surface area contributed by atoms with Gasteiger partial charge < -0.3 is 24.2 Å². The number of methoxy groups -OCH3 is 1. The molecule has 0 fully saturated rings. The summed E-state index contributed by atoms with van der Waals surface area (Å²) in [5, 5.41) is 10.6. The van der Waals surface area contributed by atoms with Crippen LogP contribution in [0.1, 0.15) is 69.1 Å². The molecule has 0 unspecified atom stereocenters. The summed E-state index contributed by atoms with van der Waals surface area (Å²) in [6.07, 6.45) is 1.64. The zero-order valence-corrected chi connectivity index (χ0v) is 23.5.